The first-order valence-electron chi connectivity index (χ1n) is 6.34. The van der Waals surface area contributed by atoms with Crippen LogP contribution in [0.5, 0.6) is 11.5 Å². The Morgan fingerprint density at radius 3 is 2.64 bits per heavy atom. The molecule has 0 aliphatic rings. The van der Waals surface area contributed by atoms with Crippen molar-refractivity contribution in [2.24, 2.45) is 0 Å². The van der Waals surface area contributed by atoms with Crippen molar-refractivity contribution in [3.05, 3.63) is 53.5 Å². The highest BCUT2D eigenvalue weighted by Crippen LogP contribution is 2.29. The zero-order valence-electron chi connectivity index (χ0n) is 12.3. The monoisotopic (exact) mass is 301 g/mol. The van der Waals surface area contributed by atoms with Gasteiger partial charge in [-0.15, -0.1) is 0 Å². The van der Waals surface area contributed by atoms with E-state index >= 15 is 0 Å². The molecule has 0 saturated carbocycles. The van der Waals surface area contributed by atoms with Gasteiger partial charge in [-0.05, 0) is 30.7 Å². The van der Waals surface area contributed by atoms with E-state index in [9.17, 15) is 9.59 Å². The lowest BCUT2D eigenvalue weighted by Gasteiger charge is -2.09. The number of hydrogen-bond acceptors (Lipinski definition) is 5. The summed E-state index contributed by atoms with van der Waals surface area (Å²) in [5.41, 5.74) is 0.383. The van der Waals surface area contributed by atoms with Crippen LogP contribution < -0.4 is 9.47 Å². The highest BCUT2D eigenvalue weighted by molar-refractivity contribution is 5.95. The molecule has 0 unspecified atom stereocenters. The van der Waals surface area contributed by atoms with E-state index in [4.69, 9.17) is 20.8 Å². The zero-order chi connectivity index (χ0) is 16.5. The van der Waals surface area contributed by atoms with Gasteiger partial charge >= 0.3 is 11.9 Å². The van der Waals surface area contributed by atoms with Gasteiger partial charge in [-0.2, -0.15) is 0 Å². The molecule has 0 saturated heterocycles. The SMILES string of the molecule is [C-]#[N+]C(=Cc1ccc(OC(=O)C=C)c(OC)c1)C(=O)OCC. The average Bonchev–Trinajstić information content (AvgIpc) is 2.53. The Morgan fingerprint density at radius 1 is 1.36 bits per heavy atom. The van der Waals surface area contributed by atoms with E-state index in [0.717, 1.165) is 6.08 Å². The summed E-state index contributed by atoms with van der Waals surface area (Å²) < 4.78 is 14.9. The maximum absolute atomic E-state index is 11.6. The van der Waals surface area contributed by atoms with Crippen LogP contribution in [0.4, 0.5) is 0 Å². The van der Waals surface area contributed by atoms with Gasteiger partial charge < -0.3 is 14.2 Å². The van der Waals surface area contributed by atoms with Gasteiger partial charge in [0.15, 0.2) is 11.5 Å². The van der Waals surface area contributed by atoms with E-state index in [2.05, 4.69) is 11.4 Å². The topological polar surface area (TPSA) is 66.2 Å². The molecule has 0 spiro atoms. The van der Waals surface area contributed by atoms with Crippen molar-refractivity contribution in [1.29, 1.82) is 0 Å². The molecule has 22 heavy (non-hydrogen) atoms. The van der Waals surface area contributed by atoms with Crippen LogP contribution in [0.15, 0.2) is 36.6 Å². The highest BCUT2D eigenvalue weighted by atomic mass is 16.6. The minimum Gasteiger partial charge on any atom is -0.493 e. The Kier molecular flexibility index (Phi) is 6.38. The van der Waals surface area contributed by atoms with Gasteiger partial charge in [0.2, 0.25) is 0 Å². The third-order valence-electron chi connectivity index (χ3n) is 2.47. The molecule has 0 atom stereocenters. The minimum atomic E-state index is -0.696. The van der Waals surface area contributed by atoms with Gasteiger partial charge in [0.1, 0.15) is 0 Å². The zero-order valence-corrected chi connectivity index (χ0v) is 12.3. The fourth-order valence-electron chi connectivity index (χ4n) is 1.51. The summed E-state index contributed by atoms with van der Waals surface area (Å²) >= 11 is 0. The van der Waals surface area contributed by atoms with Crippen LogP contribution in [0.25, 0.3) is 10.9 Å². The molecular formula is C16H15NO5. The second-order valence-electron chi connectivity index (χ2n) is 3.90. The Morgan fingerprint density at radius 2 is 2.09 bits per heavy atom. The number of rotatable bonds is 6. The van der Waals surface area contributed by atoms with Gasteiger partial charge in [-0.1, -0.05) is 12.6 Å². The lowest BCUT2D eigenvalue weighted by molar-refractivity contribution is -0.138. The smallest absolute Gasteiger partial charge is 0.336 e. The van der Waals surface area contributed by atoms with Crippen molar-refractivity contribution in [2.45, 2.75) is 6.92 Å². The summed E-state index contributed by atoms with van der Waals surface area (Å²) in [6.07, 6.45) is 2.40. The number of nitrogens with zero attached hydrogens (tertiary/aromatic N) is 1. The minimum absolute atomic E-state index is 0.153. The molecule has 0 aromatic heterocycles. The molecular weight excluding hydrogens is 286 g/mol. The van der Waals surface area contributed by atoms with Crippen molar-refractivity contribution < 1.29 is 23.8 Å². The van der Waals surface area contributed by atoms with E-state index in [1.165, 1.54) is 25.3 Å². The molecule has 1 aromatic carbocycles. The number of carbonyl (C=O) groups excluding carboxylic acids is 2. The number of methoxy groups -OCH3 is 1. The van der Waals surface area contributed by atoms with E-state index in [1.807, 2.05) is 0 Å². The molecule has 6 heteroatoms. The van der Waals surface area contributed by atoms with Crippen molar-refractivity contribution in [3.8, 4) is 11.5 Å². The van der Waals surface area contributed by atoms with E-state index < -0.39 is 11.9 Å². The number of esters is 2. The molecule has 0 amide bonds. The number of ether oxygens (including phenoxy) is 3. The normalized spacial score (nSPS) is 10.3. The Labute approximate surface area is 128 Å². The van der Waals surface area contributed by atoms with Gasteiger partial charge in [0, 0.05) is 6.08 Å². The van der Waals surface area contributed by atoms with Crippen LogP contribution >= 0.6 is 0 Å². The number of carbonyl (C=O) groups is 2. The summed E-state index contributed by atoms with van der Waals surface area (Å²) in [7, 11) is 1.41. The molecule has 0 bridgehead atoms. The average molecular weight is 301 g/mol. The standard InChI is InChI=1S/C16H15NO5/c1-5-15(18)22-13-8-7-11(10-14(13)20-4)9-12(17-3)16(19)21-6-2/h5,7-10H,1,6H2,2,4H3. The van der Waals surface area contributed by atoms with E-state index in [0.29, 0.717) is 5.56 Å². The second-order valence-corrected chi connectivity index (χ2v) is 3.90. The van der Waals surface area contributed by atoms with Crippen LogP contribution in [0.3, 0.4) is 0 Å². The lowest BCUT2D eigenvalue weighted by Crippen LogP contribution is -2.05. The summed E-state index contributed by atoms with van der Waals surface area (Å²) in [6, 6.07) is 4.62. The molecule has 0 N–H and O–H groups in total. The summed E-state index contributed by atoms with van der Waals surface area (Å²) in [4.78, 5) is 25.9. The van der Waals surface area contributed by atoms with Gasteiger partial charge in [0.05, 0.1) is 20.3 Å². The molecule has 0 radical (unpaired) electrons. The van der Waals surface area contributed by atoms with E-state index in [-0.39, 0.29) is 23.8 Å². The number of benzene rings is 1. The molecule has 6 nitrogen and oxygen atoms in total. The van der Waals surface area contributed by atoms with Crippen LogP contribution in [0, 0.1) is 6.57 Å². The maximum Gasteiger partial charge on any atom is 0.336 e. The third kappa shape index (κ3) is 4.49. The molecule has 0 heterocycles. The molecule has 0 aliphatic heterocycles. The quantitative estimate of drug-likeness (QED) is 0.350. The summed E-state index contributed by atoms with van der Waals surface area (Å²) in [6.45, 7) is 12.2. The fourth-order valence-corrected chi connectivity index (χ4v) is 1.51. The predicted molar refractivity (Wildman–Crippen MR) is 80.0 cm³/mol. The van der Waals surface area contributed by atoms with Crippen LogP contribution in [-0.4, -0.2) is 25.7 Å². The van der Waals surface area contributed by atoms with Crippen LogP contribution in [0.1, 0.15) is 12.5 Å². The third-order valence-corrected chi connectivity index (χ3v) is 2.47. The van der Waals surface area contributed by atoms with Crippen molar-refractivity contribution in [2.75, 3.05) is 13.7 Å². The number of hydrogen-bond donors (Lipinski definition) is 0. The van der Waals surface area contributed by atoms with Crippen molar-refractivity contribution >= 4 is 18.0 Å². The molecule has 0 aliphatic carbocycles. The highest BCUT2D eigenvalue weighted by Gasteiger charge is 2.12. The largest absolute Gasteiger partial charge is 0.493 e. The molecule has 1 rings (SSSR count). The predicted octanol–water partition coefficient (Wildman–Crippen LogP) is 2.61. The molecule has 1 aromatic rings. The van der Waals surface area contributed by atoms with Crippen LogP contribution in [0.2, 0.25) is 0 Å². The molecule has 114 valence electrons. The molecule has 0 fully saturated rings. The van der Waals surface area contributed by atoms with Gasteiger partial charge in [-0.3, -0.25) is 4.79 Å². The Bertz CT molecular complexity index is 655. The Balaban J connectivity index is 3.12. The van der Waals surface area contributed by atoms with Gasteiger partial charge in [0.25, 0.3) is 5.70 Å². The van der Waals surface area contributed by atoms with Crippen LogP contribution in [-0.2, 0) is 14.3 Å². The van der Waals surface area contributed by atoms with Crippen molar-refractivity contribution in [1.82, 2.24) is 0 Å². The van der Waals surface area contributed by atoms with E-state index in [1.54, 1.807) is 13.0 Å². The second kappa shape index (κ2) is 8.27. The summed E-state index contributed by atoms with van der Waals surface area (Å²) in [5.74, 6) is -0.809. The Hall–Kier alpha value is -3.07. The first-order chi connectivity index (χ1) is 10.5. The summed E-state index contributed by atoms with van der Waals surface area (Å²) in [5, 5.41) is 0. The van der Waals surface area contributed by atoms with Gasteiger partial charge in [-0.25, -0.2) is 9.64 Å². The first kappa shape index (κ1) is 17.0. The first-order valence-corrected chi connectivity index (χ1v) is 6.34. The lowest BCUT2D eigenvalue weighted by atomic mass is 10.1. The van der Waals surface area contributed by atoms with Crippen molar-refractivity contribution in [3.63, 3.8) is 0 Å². The maximum atomic E-state index is 11.6. The fraction of sp³-hybridized carbons (Fsp3) is 0.188.